The second-order valence-corrected chi connectivity index (χ2v) is 7.77. The Morgan fingerprint density at radius 3 is 2.54 bits per heavy atom. The highest BCUT2D eigenvalue weighted by atomic mass is 15.2. The van der Waals surface area contributed by atoms with Gasteiger partial charge in [-0.05, 0) is 50.3 Å². The van der Waals surface area contributed by atoms with E-state index < -0.39 is 0 Å². The summed E-state index contributed by atoms with van der Waals surface area (Å²) < 4.78 is 2.48. The van der Waals surface area contributed by atoms with Crippen LogP contribution in [-0.2, 0) is 13.0 Å². The van der Waals surface area contributed by atoms with Crippen molar-refractivity contribution in [2.75, 3.05) is 31.1 Å². The van der Waals surface area contributed by atoms with Crippen LogP contribution in [0.3, 0.4) is 0 Å². The topological polar surface area (TPSA) is 24.3 Å². The Balaban J connectivity index is 1.41. The van der Waals surface area contributed by atoms with E-state index in [-0.39, 0.29) is 0 Å². The van der Waals surface area contributed by atoms with Crippen molar-refractivity contribution in [3.8, 4) is 0 Å². The standard InChI is InChI=1S/C20H28N4/c1-2-10-22(11-3-1)17-7-8-19-18(15-17)21-20-9-12-23(13-14-24(19)20)16-5-4-6-16/h7-8,15-16H,1-6,9-14H2. The third-order valence-electron chi connectivity index (χ3n) is 6.36. The summed E-state index contributed by atoms with van der Waals surface area (Å²) >= 11 is 0. The SMILES string of the molecule is c1cc2c(cc1N1CCCCC1)nc1n2CCN(C2CCC2)CC1. The Morgan fingerprint density at radius 2 is 1.75 bits per heavy atom. The maximum Gasteiger partial charge on any atom is 0.111 e. The molecule has 2 aliphatic heterocycles. The summed E-state index contributed by atoms with van der Waals surface area (Å²) in [6.45, 7) is 5.89. The first kappa shape index (κ1) is 14.8. The summed E-state index contributed by atoms with van der Waals surface area (Å²) in [5.74, 6) is 1.29. The van der Waals surface area contributed by atoms with Crippen molar-refractivity contribution in [1.29, 1.82) is 0 Å². The Hall–Kier alpha value is -1.55. The Kier molecular flexibility index (Phi) is 3.73. The van der Waals surface area contributed by atoms with Crippen LogP contribution in [0.15, 0.2) is 18.2 Å². The van der Waals surface area contributed by atoms with Crippen LogP contribution in [0.4, 0.5) is 5.69 Å². The number of hydrogen-bond donors (Lipinski definition) is 0. The summed E-state index contributed by atoms with van der Waals surface area (Å²) in [5.41, 5.74) is 3.90. The third kappa shape index (κ3) is 2.52. The molecule has 2 fully saturated rings. The van der Waals surface area contributed by atoms with E-state index in [1.165, 1.54) is 87.2 Å². The van der Waals surface area contributed by atoms with Crippen LogP contribution in [0.2, 0.25) is 0 Å². The van der Waals surface area contributed by atoms with Gasteiger partial charge in [0.1, 0.15) is 5.82 Å². The summed E-state index contributed by atoms with van der Waals surface area (Å²) in [7, 11) is 0. The molecule has 1 aliphatic carbocycles. The molecule has 0 N–H and O–H groups in total. The number of benzene rings is 1. The number of hydrogen-bond acceptors (Lipinski definition) is 3. The van der Waals surface area contributed by atoms with E-state index in [0.29, 0.717) is 0 Å². The van der Waals surface area contributed by atoms with Gasteiger partial charge in [0.05, 0.1) is 11.0 Å². The second kappa shape index (κ2) is 6.07. The summed E-state index contributed by atoms with van der Waals surface area (Å²) in [6, 6.07) is 7.81. The lowest BCUT2D eigenvalue weighted by Gasteiger charge is -2.36. The molecule has 1 saturated heterocycles. The number of fused-ring (bicyclic) bond motifs is 3. The summed E-state index contributed by atoms with van der Waals surface area (Å²) in [6.07, 6.45) is 9.38. The molecule has 0 bridgehead atoms. The maximum absolute atomic E-state index is 5.02. The molecule has 0 unspecified atom stereocenters. The first-order valence-corrected chi connectivity index (χ1v) is 9.87. The first-order chi connectivity index (χ1) is 11.9. The number of rotatable bonds is 2. The molecule has 0 spiro atoms. The smallest absolute Gasteiger partial charge is 0.111 e. The zero-order valence-corrected chi connectivity index (χ0v) is 14.6. The molecule has 3 heterocycles. The van der Waals surface area contributed by atoms with Gasteiger partial charge in [0, 0.05) is 50.9 Å². The van der Waals surface area contributed by atoms with Gasteiger partial charge in [-0.15, -0.1) is 0 Å². The van der Waals surface area contributed by atoms with E-state index in [2.05, 4.69) is 32.6 Å². The van der Waals surface area contributed by atoms with Gasteiger partial charge < -0.3 is 9.47 Å². The Labute approximate surface area is 144 Å². The monoisotopic (exact) mass is 324 g/mol. The van der Waals surface area contributed by atoms with Crippen LogP contribution in [0.5, 0.6) is 0 Å². The van der Waals surface area contributed by atoms with Crippen molar-refractivity contribution >= 4 is 16.7 Å². The molecule has 3 aliphatic rings. The molecule has 0 atom stereocenters. The molecule has 1 saturated carbocycles. The zero-order chi connectivity index (χ0) is 15.9. The van der Waals surface area contributed by atoms with Crippen molar-refractivity contribution in [2.24, 2.45) is 0 Å². The Morgan fingerprint density at radius 1 is 0.875 bits per heavy atom. The Bertz CT molecular complexity index is 725. The molecule has 5 rings (SSSR count). The number of anilines is 1. The first-order valence-electron chi connectivity index (χ1n) is 9.87. The molecule has 2 aromatic rings. The lowest BCUT2D eigenvalue weighted by Crippen LogP contribution is -2.41. The molecule has 24 heavy (non-hydrogen) atoms. The van der Waals surface area contributed by atoms with Crippen molar-refractivity contribution < 1.29 is 0 Å². The molecule has 4 nitrogen and oxygen atoms in total. The van der Waals surface area contributed by atoms with Gasteiger partial charge in [-0.25, -0.2) is 4.98 Å². The minimum Gasteiger partial charge on any atom is -0.371 e. The van der Waals surface area contributed by atoms with Crippen molar-refractivity contribution in [3.05, 3.63) is 24.0 Å². The van der Waals surface area contributed by atoms with E-state index in [9.17, 15) is 0 Å². The van der Waals surface area contributed by atoms with Crippen LogP contribution in [0.25, 0.3) is 11.0 Å². The molecular formula is C20H28N4. The van der Waals surface area contributed by atoms with Crippen LogP contribution in [0.1, 0.15) is 44.3 Å². The quantitative estimate of drug-likeness (QED) is 0.846. The van der Waals surface area contributed by atoms with Gasteiger partial charge in [-0.1, -0.05) is 6.42 Å². The highest BCUT2D eigenvalue weighted by molar-refractivity contribution is 5.80. The number of aromatic nitrogens is 2. The third-order valence-corrected chi connectivity index (χ3v) is 6.36. The average Bonchev–Trinajstić information content (AvgIpc) is 2.81. The van der Waals surface area contributed by atoms with Gasteiger partial charge in [-0.3, -0.25) is 4.90 Å². The fourth-order valence-electron chi connectivity index (χ4n) is 4.66. The van der Waals surface area contributed by atoms with E-state index in [4.69, 9.17) is 4.98 Å². The molecule has 4 heteroatoms. The predicted octanol–water partition coefficient (Wildman–Crippen LogP) is 3.44. The average molecular weight is 324 g/mol. The van der Waals surface area contributed by atoms with Crippen molar-refractivity contribution in [1.82, 2.24) is 14.5 Å². The second-order valence-electron chi connectivity index (χ2n) is 7.77. The zero-order valence-electron chi connectivity index (χ0n) is 14.6. The van der Waals surface area contributed by atoms with E-state index in [0.717, 1.165) is 19.0 Å². The number of imidazole rings is 1. The van der Waals surface area contributed by atoms with Crippen LogP contribution in [-0.4, -0.2) is 46.7 Å². The summed E-state index contributed by atoms with van der Waals surface area (Å²) in [4.78, 5) is 10.3. The van der Waals surface area contributed by atoms with Crippen LogP contribution >= 0.6 is 0 Å². The maximum atomic E-state index is 5.02. The summed E-state index contributed by atoms with van der Waals surface area (Å²) in [5, 5.41) is 0. The van der Waals surface area contributed by atoms with Crippen LogP contribution < -0.4 is 4.90 Å². The molecule has 1 aromatic heterocycles. The minimum atomic E-state index is 0.853. The normalized spacial score (nSPS) is 23.1. The van der Waals surface area contributed by atoms with Crippen molar-refractivity contribution in [3.63, 3.8) is 0 Å². The molecule has 0 radical (unpaired) electrons. The molecule has 128 valence electrons. The van der Waals surface area contributed by atoms with Crippen LogP contribution in [0, 0.1) is 0 Å². The van der Waals surface area contributed by atoms with Gasteiger partial charge in [0.15, 0.2) is 0 Å². The van der Waals surface area contributed by atoms with Gasteiger partial charge in [-0.2, -0.15) is 0 Å². The lowest BCUT2D eigenvalue weighted by atomic mass is 9.91. The highest BCUT2D eigenvalue weighted by Gasteiger charge is 2.27. The molecular weight excluding hydrogens is 296 g/mol. The van der Waals surface area contributed by atoms with Gasteiger partial charge in [0.25, 0.3) is 0 Å². The molecule has 1 aromatic carbocycles. The minimum absolute atomic E-state index is 0.853. The fourth-order valence-corrected chi connectivity index (χ4v) is 4.66. The van der Waals surface area contributed by atoms with E-state index >= 15 is 0 Å². The predicted molar refractivity (Wildman–Crippen MR) is 98.7 cm³/mol. The lowest BCUT2D eigenvalue weighted by molar-refractivity contribution is 0.130. The largest absolute Gasteiger partial charge is 0.371 e. The van der Waals surface area contributed by atoms with E-state index in [1.54, 1.807) is 0 Å². The highest BCUT2D eigenvalue weighted by Crippen LogP contribution is 2.29. The van der Waals surface area contributed by atoms with Gasteiger partial charge in [0.2, 0.25) is 0 Å². The number of piperidine rings is 1. The number of nitrogens with zero attached hydrogens (tertiary/aromatic N) is 4. The van der Waals surface area contributed by atoms with E-state index in [1.807, 2.05) is 0 Å². The van der Waals surface area contributed by atoms with Crippen molar-refractivity contribution in [2.45, 2.75) is 57.5 Å². The fraction of sp³-hybridized carbons (Fsp3) is 0.650. The van der Waals surface area contributed by atoms with Gasteiger partial charge >= 0.3 is 0 Å². The molecule has 0 amide bonds.